The van der Waals surface area contributed by atoms with Crippen molar-refractivity contribution in [2.24, 2.45) is 0 Å². The Morgan fingerprint density at radius 1 is 1.53 bits per heavy atom. The highest BCUT2D eigenvalue weighted by molar-refractivity contribution is 5.74. The van der Waals surface area contributed by atoms with E-state index >= 15 is 0 Å². The number of carboxylic acids is 1. The van der Waals surface area contributed by atoms with Crippen LogP contribution in [0.4, 0.5) is 0 Å². The summed E-state index contributed by atoms with van der Waals surface area (Å²) in [4.78, 5) is 13.3. The molecule has 0 saturated carbocycles. The van der Waals surface area contributed by atoms with E-state index in [1.54, 1.807) is 12.1 Å². The number of hydrogen-bond acceptors (Lipinski definition) is 4. The van der Waals surface area contributed by atoms with Crippen LogP contribution in [0.15, 0.2) is 24.3 Å². The zero-order valence-corrected chi connectivity index (χ0v) is 10.8. The predicted molar refractivity (Wildman–Crippen MR) is 70.6 cm³/mol. The fraction of sp³-hybridized carbons (Fsp3) is 0.429. The normalized spacial score (nSPS) is 21.6. The van der Waals surface area contributed by atoms with Crippen LogP contribution in [0.5, 0.6) is 0 Å². The van der Waals surface area contributed by atoms with E-state index in [1.165, 1.54) is 0 Å². The van der Waals surface area contributed by atoms with Gasteiger partial charge in [-0.3, -0.25) is 9.69 Å². The number of rotatable bonds is 3. The molecule has 1 heterocycles. The number of carbonyl (C=O) groups is 1. The number of nitrogens with one attached hydrogen (secondary N) is 1. The second kappa shape index (κ2) is 5.83. The van der Waals surface area contributed by atoms with Gasteiger partial charge in [-0.25, -0.2) is 0 Å². The number of benzene rings is 1. The van der Waals surface area contributed by atoms with Crippen molar-refractivity contribution >= 4 is 5.97 Å². The molecule has 0 aliphatic carbocycles. The van der Waals surface area contributed by atoms with E-state index in [1.807, 2.05) is 24.0 Å². The molecule has 5 heteroatoms. The highest BCUT2D eigenvalue weighted by atomic mass is 16.4. The Labute approximate surface area is 112 Å². The van der Waals surface area contributed by atoms with E-state index in [0.29, 0.717) is 18.7 Å². The number of nitrogens with zero attached hydrogens (tertiary/aromatic N) is 2. The van der Waals surface area contributed by atoms with E-state index in [0.717, 1.165) is 12.1 Å². The lowest BCUT2D eigenvalue weighted by Crippen LogP contribution is -2.55. The summed E-state index contributed by atoms with van der Waals surface area (Å²) >= 11 is 0. The Morgan fingerprint density at radius 2 is 2.21 bits per heavy atom. The lowest BCUT2D eigenvalue weighted by Gasteiger charge is -2.38. The van der Waals surface area contributed by atoms with Crippen molar-refractivity contribution in [1.29, 1.82) is 5.26 Å². The second-order valence-corrected chi connectivity index (χ2v) is 4.71. The number of carboxylic acid groups (broad SMARTS) is 1. The summed E-state index contributed by atoms with van der Waals surface area (Å²) in [5, 5.41) is 21.2. The first kappa shape index (κ1) is 13.5. The SMILES string of the molecule is CC(c1ccc(C#N)cc1)N1CCNCC1C(=O)O. The average molecular weight is 259 g/mol. The molecule has 2 unspecified atom stereocenters. The van der Waals surface area contributed by atoms with E-state index in [4.69, 9.17) is 5.26 Å². The number of piperazine rings is 1. The summed E-state index contributed by atoms with van der Waals surface area (Å²) in [6.07, 6.45) is 0. The first-order chi connectivity index (χ1) is 9.13. The van der Waals surface area contributed by atoms with Crippen LogP contribution in [-0.4, -0.2) is 41.7 Å². The molecule has 5 nitrogen and oxygen atoms in total. The molecule has 19 heavy (non-hydrogen) atoms. The first-order valence-electron chi connectivity index (χ1n) is 6.33. The van der Waals surface area contributed by atoms with Gasteiger partial charge < -0.3 is 10.4 Å². The van der Waals surface area contributed by atoms with Gasteiger partial charge in [0, 0.05) is 25.7 Å². The molecule has 0 radical (unpaired) electrons. The molecule has 1 saturated heterocycles. The standard InChI is InChI=1S/C14H17N3O2/c1-10(12-4-2-11(8-15)3-5-12)17-7-6-16-9-13(17)14(18)19/h2-5,10,13,16H,6-7,9H2,1H3,(H,18,19). The van der Waals surface area contributed by atoms with Crippen molar-refractivity contribution in [3.63, 3.8) is 0 Å². The van der Waals surface area contributed by atoms with Crippen molar-refractivity contribution in [2.45, 2.75) is 19.0 Å². The Balaban J connectivity index is 2.18. The molecule has 1 aromatic rings. The Kier molecular flexibility index (Phi) is 4.15. The summed E-state index contributed by atoms with van der Waals surface area (Å²) in [6, 6.07) is 8.93. The minimum absolute atomic E-state index is 0.0240. The van der Waals surface area contributed by atoms with Gasteiger partial charge in [0.05, 0.1) is 11.6 Å². The zero-order valence-electron chi connectivity index (χ0n) is 10.8. The van der Waals surface area contributed by atoms with Gasteiger partial charge in [-0.15, -0.1) is 0 Å². The van der Waals surface area contributed by atoms with Gasteiger partial charge in [0.25, 0.3) is 0 Å². The van der Waals surface area contributed by atoms with Crippen LogP contribution in [0.1, 0.15) is 24.1 Å². The molecule has 2 N–H and O–H groups in total. The maximum Gasteiger partial charge on any atom is 0.322 e. The molecule has 100 valence electrons. The third kappa shape index (κ3) is 2.92. The van der Waals surface area contributed by atoms with Crippen LogP contribution >= 0.6 is 0 Å². The maximum atomic E-state index is 11.3. The van der Waals surface area contributed by atoms with Crippen molar-refractivity contribution < 1.29 is 9.90 Å². The van der Waals surface area contributed by atoms with Crippen molar-refractivity contribution in [3.8, 4) is 6.07 Å². The molecule has 2 atom stereocenters. The quantitative estimate of drug-likeness (QED) is 0.846. The van der Waals surface area contributed by atoms with Crippen molar-refractivity contribution in [3.05, 3.63) is 35.4 Å². The van der Waals surface area contributed by atoms with Crippen LogP contribution in [0.2, 0.25) is 0 Å². The molecule has 2 rings (SSSR count). The van der Waals surface area contributed by atoms with Gasteiger partial charge in [-0.2, -0.15) is 5.26 Å². The van der Waals surface area contributed by atoms with Gasteiger partial charge in [-0.05, 0) is 24.6 Å². The zero-order chi connectivity index (χ0) is 13.8. The summed E-state index contributed by atoms with van der Waals surface area (Å²) < 4.78 is 0. The third-order valence-electron chi connectivity index (χ3n) is 3.59. The Bertz CT molecular complexity index is 492. The van der Waals surface area contributed by atoms with Gasteiger partial charge >= 0.3 is 5.97 Å². The molecular weight excluding hydrogens is 242 g/mol. The van der Waals surface area contributed by atoms with Gasteiger partial charge in [0.2, 0.25) is 0 Å². The van der Waals surface area contributed by atoms with Gasteiger partial charge in [-0.1, -0.05) is 12.1 Å². The Hall–Kier alpha value is -1.90. The van der Waals surface area contributed by atoms with E-state index in [9.17, 15) is 9.90 Å². The van der Waals surface area contributed by atoms with Crippen molar-refractivity contribution in [1.82, 2.24) is 10.2 Å². The topological polar surface area (TPSA) is 76.4 Å². The van der Waals surface area contributed by atoms with Crippen LogP contribution in [-0.2, 0) is 4.79 Å². The Morgan fingerprint density at radius 3 is 2.79 bits per heavy atom. The van der Waals surface area contributed by atoms with Crippen LogP contribution in [0.3, 0.4) is 0 Å². The van der Waals surface area contributed by atoms with Gasteiger partial charge in [0.1, 0.15) is 6.04 Å². The third-order valence-corrected chi connectivity index (χ3v) is 3.59. The fourth-order valence-electron chi connectivity index (χ4n) is 2.44. The van der Waals surface area contributed by atoms with Crippen LogP contribution in [0.25, 0.3) is 0 Å². The molecule has 0 amide bonds. The molecule has 1 fully saturated rings. The van der Waals surface area contributed by atoms with E-state index in [-0.39, 0.29) is 6.04 Å². The number of hydrogen-bond donors (Lipinski definition) is 2. The molecule has 0 spiro atoms. The monoisotopic (exact) mass is 259 g/mol. The summed E-state index contributed by atoms with van der Waals surface area (Å²) in [5.74, 6) is -0.798. The predicted octanol–water partition coefficient (Wildman–Crippen LogP) is 0.978. The van der Waals surface area contributed by atoms with E-state index < -0.39 is 12.0 Å². The molecule has 0 bridgehead atoms. The summed E-state index contributed by atoms with van der Waals surface area (Å²) in [7, 11) is 0. The molecule has 0 aromatic heterocycles. The molecule has 1 aliphatic rings. The number of aliphatic carboxylic acids is 1. The lowest BCUT2D eigenvalue weighted by molar-refractivity contribution is -0.145. The second-order valence-electron chi connectivity index (χ2n) is 4.71. The minimum atomic E-state index is -0.798. The average Bonchev–Trinajstić information content (AvgIpc) is 2.46. The maximum absolute atomic E-state index is 11.3. The van der Waals surface area contributed by atoms with Crippen LogP contribution < -0.4 is 5.32 Å². The van der Waals surface area contributed by atoms with E-state index in [2.05, 4.69) is 11.4 Å². The molecule has 1 aromatic carbocycles. The largest absolute Gasteiger partial charge is 0.480 e. The number of nitriles is 1. The smallest absolute Gasteiger partial charge is 0.322 e. The summed E-state index contributed by atoms with van der Waals surface area (Å²) in [6.45, 7) is 3.97. The van der Waals surface area contributed by atoms with Gasteiger partial charge in [0.15, 0.2) is 0 Å². The van der Waals surface area contributed by atoms with Crippen molar-refractivity contribution in [2.75, 3.05) is 19.6 Å². The lowest BCUT2D eigenvalue weighted by atomic mass is 10.0. The van der Waals surface area contributed by atoms with Crippen LogP contribution in [0, 0.1) is 11.3 Å². The molecule has 1 aliphatic heterocycles. The summed E-state index contributed by atoms with van der Waals surface area (Å²) in [5.41, 5.74) is 1.65. The molecular formula is C14H17N3O2. The minimum Gasteiger partial charge on any atom is -0.480 e. The highest BCUT2D eigenvalue weighted by Gasteiger charge is 2.31. The first-order valence-corrected chi connectivity index (χ1v) is 6.33. The highest BCUT2D eigenvalue weighted by Crippen LogP contribution is 2.23. The fourth-order valence-corrected chi connectivity index (χ4v) is 2.44.